The Balaban J connectivity index is 2.15. The summed E-state index contributed by atoms with van der Waals surface area (Å²) in [5, 5.41) is 8.31. The van der Waals surface area contributed by atoms with E-state index in [9.17, 15) is 0 Å². The molecule has 2 unspecified atom stereocenters. The normalized spacial score (nSPS) is 25.2. The Bertz CT molecular complexity index is 197. The van der Waals surface area contributed by atoms with Crippen molar-refractivity contribution in [2.45, 2.75) is 50.8 Å². The standard InChI is InChI=1S/C11H22N2S2/c1-3-7-12-11(14)13-9-5-6-10(8-9)15-4-2/h9-10H,3-8H2,1-2H3,(H2,12,13,14). The molecule has 2 nitrogen and oxygen atoms in total. The van der Waals surface area contributed by atoms with E-state index in [1.165, 1.54) is 25.0 Å². The Morgan fingerprint density at radius 3 is 2.87 bits per heavy atom. The minimum absolute atomic E-state index is 0.603. The number of hydrogen-bond donors (Lipinski definition) is 2. The fraction of sp³-hybridized carbons (Fsp3) is 0.909. The maximum absolute atomic E-state index is 5.23. The van der Waals surface area contributed by atoms with Crippen molar-refractivity contribution in [3.8, 4) is 0 Å². The van der Waals surface area contributed by atoms with Crippen LogP contribution in [-0.4, -0.2) is 28.7 Å². The number of hydrogen-bond acceptors (Lipinski definition) is 2. The van der Waals surface area contributed by atoms with Gasteiger partial charge in [0.05, 0.1) is 0 Å². The molecule has 0 saturated heterocycles. The summed E-state index contributed by atoms with van der Waals surface area (Å²) in [6.45, 7) is 5.36. The first-order chi connectivity index (χ1) is 7.26. The highest BCUT2D eigenvalue weighted by Crippen LogP contribution is 2.29. The zero-order chi connectivity index (χ0) is 11.1. The Morgan fingerprint density at radius 1 is 1.40 bits per heavy atom. The molecule has 88 valence electrons. The molecule has 0 aromatic heterocycles. The zero-order valence-electron chi connectivity index (χ0n) is 9.71. The predicted octanol–water partition coefficient (Wildman–Crippen LogP) is 2.53. The molecule has 4 heteroatoms. The van der Waals surface area contributed by atoms with E-state index in [1.54, 1.807) is 0 Å². The third-order valence-corrected chi connectivity index (χ3v) is 4.15. The van der Waals surface area contributed by atoms with Crippen LogP contribution in [0.1, 0.15) is 39.5 Å². The molecule has 0 aromatic rings. The predicted molar refractivity (Wildman–Crippen MR) is 73.6 cm³/mol. The van der Waals surface area contributed by atoms with Crippen LogP contribution in [0.3, 0.4) is 0 Å². The van der Waals surface area contributed by atoms with Gasteiger partial charge < -0.3 is 10.6 Å². The molecule has 2 N–H and O–H groups in total. The monoisotopic (exact) mass is 246 g/mol. The summed E-state index contributed by atoms with van der Waals surface area (Å²) in [6, 6.07) is 0.603. The SMILES string of the molecule is CCCNC(=S)NC1CCC(SCC)C1. The van der Waals surface area contributed by atoms with Gasteiger partial charge in [0, 0.05) is 17.8 Å². The molecule has 2 atom stereocenters. The molecule has 15 heavy (non-hydrogen) atoms. The summed E-state index contributed by atoms with van der Waals surface area (Å²) >= 11 is 7.31. The van der Waals surface area contributed by atoms with Gasteiger partial charge in [-0.3, -0.25) is 0 Å². The fourth-order valence-electron chi connectivity index (χ4n) is 1.93. The average Bonchev–Trinajstić information content (AvgIpc) is 2.63. The first kappa shape index (κ1) is 13.1. The lowest BCUT2D eigenvalue weighted by molar-refractivity contribution is 0.621. The van der Waals surface area contributed by atoms with E-state index >= 15 is 0 Å². The van der Waals surface area contributed by atoms with Gasteiger partial charge in [0.25, 0.3) is 0 Å². The Morgan fingerprint density at radius 2 is 2.20 bits per heavy atom. The van der Waals surface area contributed by atoms with Gasteiger partial charge in [-0.05, 0) is 43.7 Å². The molecule has 1 rings (SSSR count). The van der Waals surface area contributed by atoms with Crippen molar-refractivity contribution in [1.82, 2.24) is 10.6 Å². The first-order valence-electron chi connectivity index (χ1n) is 5.92. The van der Waals surface area contributed by atoms with E-state index in [2.05, 4.69) is 36.2 Å². The second kappa shape index (κ2) is 7.34. The van der Waals surface area contributed by atoms with Crippen LogP contribution >= 0.6 is 24.0 Å². The smallest absolute Gasteiger partial charge is 0.166 e. The van der Waals surface area contributed by atoms with Crippen molar-refractivity contribution in [2.75, 3.05) is 12.3 Å². The first-order valence-corrected chi connectivity index (χ1v) is 7.37. The molecule has 1 saturated carbocycles. The highest BCUT2D eigenvalue weighted by atomic mass is 32.2. The molecule has 1 aliphatic rings. The van der Waals surface area contributed by atoms with Crippen LogP contribution in [0.5, 0.6) is 0 Å². The largest absolute Gasteiger partial charge is 0.363 e. The third-order valence-electron chi connectivity index (χ3n) is 2.66. The Hall–Kier alpha value is 0.0400. The quantitative estimate of drug-likeness (QED) is 0.728. The highest BCUT2D eigenvalue weighted by Gasteiger charge is 2.24. The number of nitrogens with one attached hydrogen (secondary N) is 2. The average molecular weight is 246 g/mol. The Labute approximate surface area is 103 Å². The van der Waals surface area contributed by atoms with Crippen LogP contribution in [0, 0.1) is 0 Å². The van der Waals surface area contributed by atoms with Gasteiger partial charge >= 0.3 is 0 Å². The second-order valence-corrected chi connectivity index (χ2v) is 5.97. The summed E-state index contributed by atoms with van der Waals surface area (Å²) in [5.74, 6) is 1.23. The van der Waals surface area contributed by atoms with Gasteiger partial charge in [-0.25, -0.2) is 0 Å². The van der Waals surface area contributed by atoms with Gasteiger partial charge in [0.1, 0.15) is 0 Å². The fourth-order valence-corrected chi connectivity index (χ4v) is 3.34. The van der Waals surface area contributed by atoms with Gasteiger partial charge in [0.15, 0.2) is 5.11 Å². The highest BCUT2D eigenvalue weighted by molar-refractivity contribution is 7.99. The Kier molecular flexibility index (Phi) is 6.41. The van der Waals surface area contributed by atoms with Gasteiger partial charge in [-0.2, -0.15) is 11.8 Å². The van der Waals surface area contributed by atoms with E-state index in [0.29, 0.717) is 6.04 Å². The lowest BCUT2D eigenvalue weighted by Crippen LogP contribution is -2.41. The van der Waals surface area contributed by atoms with Crippen molar-refractivity contribution in [2.24, 2.45) is 0 Å². The molecule has 1 fully saturated rings. The number of thioether (sulfide) groups is 1. The van der Waals surface area contributed by atoms with Crippen LogP contribution in [0.15, 0.2) is 0 Å². The minimum Gasteiger partial charge on any atom is -0.363 e. The summed E-state index contributed by atoms with van der Waals surface area (Å²) < 4.78 is 0. The van der Waals surface area contributed by atoms with Crippen LogP contribution in [-0.2, 0) is 0 Å². The van der Waals surface area contributed by atoms with Crippen LogP contribution in [0.25, 0.3) is 0 Å². The van der Waals surface area contributed by atoms with Crippen LogP contribution in [0.4, 0.5) is 0 Å². The maximum Gasteiger partial charge on any atom is 0.166 e. The molecule has 0 bridgehead atoms. The third kappa shape index (κ3) is 5.07. The van der Waals surface area contributed by atoms with Crippen molar-refractivity contribution < 1.29 is 0 Å². The molecule has 0 aromatic carbocycles. The van der Waals surface area contributed by atoms with Gasteiger partial charge in [0.2, 0.25) is 0 Å². The van der Waals surface area contributed by atoms with E-state index < -0.39 is 0 Å². The van der Waals surface area contributed by atoms with Crippen molar-refractivity contribution in [3.05, 3.63) is 0 Å². The summed E-state index contributed by atoms with van der Waals surface area (Å²) in [5.41, 5.74) is 0. The molecule has 1 aliphatic carbocycles. The molecule has 0 amide bonds. The molecule has 0 radical (unpaired) electrons. The van der Waals surface area contributed by atoms with E-state index in [-0.39, 0.29) is 0 Å². The molecule has 0 aliphatic heterocycles. The van der Waals surface area contributed by atoms with Crippen molar-refractivity contribution in [3.63, 3.8) is 0 Å². The maximum atomic E-state index is 5.23. The molecular formula is C11H22N2S2. The summed E-state index contributed by atoms with van der Waals surface area (Å²) in [7, 11) is 0. The molecule has 0 heterocycles. The van der Waals surface area contributed by atoms with Gasteiger partial charge in [-0.15, -0.1) is 0 Å². The number of thiocarbonyl (C=S) groups is 1. The number of rotatable bonds is 5. The lowest BCUT2D eigenvalue weighted by Gasteiger charge is -2.16. The van der Waals surface area contributed by atoms with Gasteiger partial charge in [-0.1, -0.05) is 13.8 Å². The minimum atomic E-state index is 0.603. The topological polar surface area (TPSA) is 24.1 Å². The van der Waals surface area contributed by atoms with Crippen molar-refractivity contribution >= 4 is 29.1 Å². The lowest BCUT2D eigenvalue weighted by atomic mass is 10.2. The molecular weight excluding hydrogens is 224 g/mol. The summed E-state index contributed by atoms with van der Waals surface area (Å²) in [4.78, 5) is 0. The van der Waals surface area contributed by atoms with Crippen LogP contribution < -0.4 is 10.6 Å². The molecule has 0 spiro atoms. The van der Waals surface area contributed by atoms with E-state index in [0.717, 1.165) is 23.3 Å². The van der Waals surface area contributed by atoms with E-state index in [4.69, 9.17) is 12.2 Å². The van der Waals surface area contributed by atoms with E-state index in [1.807, 2.05) is 0 Å². The van der Waals surface area contributed by atoms with Crippen LogP contribution in [0.2, 0.25) is 0 Å². The van der Waals surface area contributed by atoms with Crippen molar-refractivity contribution in [1.29, 1.82) is 0 Å². The zero-order valence-corrected chi connectivity index (χ0v) is 11.3. The second-order valence-electron chi connectivity index (χ2n) is 3.99. The summed E-state index contributed by atoms with van der Waals surface area (Å²) in [6.07, 6.45) is 5.01.